The molecule has 156 valence electrons. The van der Waals surface area contributed by atoms with Gasteiger partial charge in [-0.3, -0.25) is 4.79 Å². The third-order valence-corrected chi connectivity index (χ3v) is 6.82. The van der Waals surface area contributed by atoms with Crippen molar-refractivity contribution in [2.24, 2.45) is 5.92 Å². The van der Waals surface area contributed by atoms with Gasteiger partial charge in [0.2, 0.25) is 5.91 Å². The molecule has 0 spiro atoms. The highest BCUT2D eigenvalue weighted by molar-refractivity contribution is 7.09. The van der Waals surface area contributed by atoms with Crippen molar-refractivity contribution >= 4 is 17.2 Å². The van der Waals surface area contributed by atoms with Crippen LogP contribution in [-0.4, -0.2) is 30.1 Å². The fraction of sp³-hybridized carbons (Fsp3) is 0.542. The van der Waals surface area contributed by atoms with E-state index in [2.05, 4.69) is 23.6 Å². The van der Waals surface area contributed by atoms with Gasteiger partial charge in [-0.05, 0) is 54.8 Å². The van der Waals surface area contributed by atoms with Gasteiger partial charge in [0, 0.05) is 30.5 Å². The molecule has 1 saturated carbocycles. The summed E-state index contributed by atoms with van der Waals surface area (Å²) < 4.78 is 11.7. The highest BCUT2D eigenvalue weighted by Gasteiger charge is 2.29. The topological polar surface area (TPSA) is 38.8 Å². The molecule has 1 aliphatic carbocycles. The summed E-state index contributed by atoms with van der Waals surface area (Å²) in [5.41, 5.74) is 1.15. The number of carbonyl (C=O) groups is 1. The van der Waals surface area contributed by atoms with Crippen LogP contribution in [0.25, 0.3) is 0 Å². The molecular weight excluding hydrogens is 382 g/mol. The highest BCUT2D eigenvalue weighted by atomic mass is 32.1. The number of ether oxygens (including phenoxy) is 2. The zero-order valence-corrected chi connectivity index (χ0v) is 17.9. The van der Waals surface area contributed by atoms with Crippen LogP contribution in [0.15, 0.2) is 41.8 Å². The number of carbonyl (C=O) groups excluding carboxylic acids is 1. The Labute approximate surface area is 177 Å². The lowest BCUT2D eigenvalue weighted by atomic mass is 9.88. The first-order valence-electron chi connectivity index (χ1n) is 10.9. The molecule has 1 aromatic carbocycles. The summed E-state index contributed by atoms with van der Waals surface area (Å²) in [7, 11) is 0. The Bertz CT molecular complexity index is 747. The molecule has 0 N–H and O–H groups in total. The fourth-order valence-corrected chi connectivity index (χ4v) is 4.95. The number of amides is 1. The smallest absolute Gasteiger partial charge is 0.226 e. The maximum atomic E-state index is 13.2. The quantitative estimate of drug-likeness (QED) is 0.580. The molecule has 1 saturated heterocycles. The predicted octanol–water partition coefficient (Wildman–Crippen LogP) is 5.42. The van der Waals surface area contributed by atoms with Gasteiger partial charge in [-0.25, -0.2) is 0 Å². The first-order chi connectivity index (χ1) is 14.3. The molecule has 2 aromatic rings. The summed E-state index contributed by atoms with van der Waals surface area (Å²) >= 11 is 1.70. The summed E-state index contributed by atoms with van der Waals surface area (Å²) in [4.78, 5) is 16.5. The molecule has 29 heavy (non-hydrogen) atoms. The Morgan fingerprint density at radius 2 is 1.90 bits per heavy atom. The monoisotopic (exact) mass is 413 g/mol. The van der Waals surface area contributed by atoms with Gasteiger partial charge in [0.25, 0.3) is 0 Å². The molecule has 0 bridgehead atoms. The van der Waals surface area contributed by atoms with Crippen LogP contribution in [0.5, 0.6) is 5.75 Å². The molecule has 5 heteroatoms. The Balaban J connectivity index is 1.38. The van der Waals surface area contributed by atoms with Gasteiger partial charge in [-0.15, -0.1) is 11.3 Å². The molecule has 1 aliphatic heterocycles. The van der Waals surface area contributed by atoms with E-state index in [-0.39, 0.29) is 12.0 Å². The second kappa shape index (κ2) is 10.3. The van der Waals surface area contributed by atoms with E-state index in [1.165, 1.54) is 24.1 Å². The average Bonchev–Trinajstić information content (AvgIpc) is 3.47. The van der Waals surface area contributed by atoms with E-state index >= 15 is 0 Å². The van der Waals surface area contributed by atoms with Crippen LogP contribution in [0.2, 0.25) is 0 Å². The third-order valence-electron chi connectivity index (χ3n) is 5.97. The lowest BCUT2D eigenvalue weighted by Gasteiger charge is -2.31. The maximum Gasteiger partial charge on any atom is 0.226 e. The van der Waals surface area contributed by atoms with E-state index in [4.69, 9.17) is 9.47 Å². The molecule has 4 nitrogen and oxygen atoms in total. The minimum atomic E-state index is 0.191. The SMILES string of the molecule is O=C(C1CCCCC1)N(Cc1ccc(OCc2cccs2)cc1)C[C@@H]1CCCO1. The molecule has 0 unspecified atom stereocenters. The summed E-state index contributed by atoms with van der Waals surface area (Å²) in [6.45, 7) is 2.79. The number of rotatable bonds is 8. The second-order valence-electron chi connectivity index (χ2n) is 8.20. The highest BCUT2D eigenvalue weighted by Crippen LogP contribution is 2.27. The van der Waals surface area contributed by atoms with Crippen LogP contribution in [0.4, 0.5) is 0 Å². The van der Waals surface area contributed by atoms with Crippen LogP contribution in [-0.2, 0) is 22.7 Å². The molecule has 0 radical (unpaired) electrons. The first-order valence-corrected chi connectivity index (χ1v) is 11.8. The number of benzene rings is 1. The Hall–Kier alpha value is -1.85. The average molecular weight is 414 g/mol. The van der Waals surface area contributed by atoms with Gasteiger partial charge in [0.05, 0.1) is 6.10 Å². The summed E-state index contributed by atoms with van der Waals surface area (Å²) in [6, 6.07) is 12.3. The lowest BCUT2D eigenvalue weighted by Crippen LogP contribution is -2.41. The van der Waals surface area contributed by atoms with E-state index in [0.717, 1.165) is 43.6 Å². The maximum absolute atomic E-state index is 13.2. The van der Waals surface area contributed by atoms with E-state index in [9.17, 15) is 4.79 Å². The van der Waals surface area contributed by atoms with Crippen molar-refractivity contribution in [1.29, 1.82) is 0 Å². The van der Waals surface area contributed by atoms with Crippen molar-refractivity contribution in [1.82, 2.24) is 4.90 Å². The van der Waals surface area contributed by atoms with Crippen molar-refractivity contribution in [3.63, 3.8) is 0 Å². The van der Waals surface area contributed by atoms with E-state index in [1.54, 1.807) is 11.3 Å². The number of thiophene rings is 1. The van der Waals surface area contributed by atoms with Gasteiger partial charge in [-0.1, -0.05) is 37.5 Å². The predicted molar refractivity (Wildman–Crippen MR) is 116 cm³/mol. The number of hydrogen-bond acceptors (Lipinski definition) is 4. The first kappa shape index (κ1) is 20.4. The van der Waals surface area contributed by atoms with Gasteiger partial charge in [0.15, 0.2) is 0 Å². The molecule has 4 rings (SSSR count). The zero-order valence-electron chi connectivity index (χ0n) is 17.1. The molecule has 1 aromatic heterocycles. The molecule has 2 fully saturated rings. The van der Waals surface area contributed by atoms with E-state index < -0.39 is 0 Å². The normalized spacial score (nSPS) is 19.9. The van der Waals surface area contributed by atoms with Crippen LogP contribution in [0.1, 0.15) is 55.4 Å². The van der Waals surface area contributed by atoms with E-state index in [1.807, 2.05) is 23.1 Å². The third kappa shape index (κ3) is 5.83. The molecule has 2 heterocycles. The second-order valence-corrected chi connectivity index (χ2v) is 9.23. The largest absolute Gasteiger partial charge is 0.488 e. The van der Waals surface area contributed by atoms with Crippen LogP contribution >= 0.6 is 11.3 Å². The summed E-state index contributed by atoms with van der Waals surface area (Å²) in [6.07, 6.45) is 8.06. The van der Waals surface area contributed by atoms with Crippen molar-refractivity contribution in [3.8, 4) is 5.75 Å². The number of nitrogens with zero attached hydrogens (tertiary/aromatic N) is 1. The summed E-state index contributed by atoms with van der Waals surface area (Å²) in [5.74, 6) is 1.38. The standard InChI is InChI=1S/C24H31NO3S/c26-24(20-6-2-1-3-7-20)25(17-22-8-4-14-27-22)16-19-10-12-21(13-11-19)28-18-23-9-5-15-29-23/h5,9-13,15,20,22H,1-4,6-8,14,16-18H2/t22-/m0/s1. The van der Waals surface area contributed by atoms with Crippen molar-refractivity contribution in [3.05, 3.63) is 52.2 Å². The Morgan fingerprint density at radius 1 is 1.07 bits per heavy atom. The van der Waals surface area contributed by atoms with Gasteiger partial charge < -0.3 is 14.4 Å². The van der Waals surface area contributed by atoms with Gasteiger partial charge in [-0.2, -0.15) is 0 Å². The van der Waals surface area contributed by atoms with Crippen LogP contribution in [0.3, 0.4) is 0 Å². The molecule has 1 amide bonds. The van der Waals surface area contributed by atoms with Crippen molar-refractivity contribution in [2.75, 3.05) is 13.2 Å². The van der Waals surface area contributed by atoms with E-state index in [0.29, 0.717) is 25.6 Å². The van der Waals surface area contributed by atoms with Gasteiger partial charge >= 0.3 is 0 Å². The molecular formula is C24H31NO3S. The van der Waals surface area contributed by atoms with Gasteiger partial charge in [0.1, 0.15) is 12.4 Å². The Kier molecular flexibility index (Phi) is 7.23. The van der Waals surface area contributed by atoms with Crippen molar-refractivity contribution in [2.45, 2.75) is 64.2 Å². The van der Waals surface area contributed by atoms with Crippen LogP contribution in [0, 0.1) is 5.92 Å². The van der Waals surface area contributed by atoms with Crippen molar-refractivity contribution < 1.29 is 14.3 Å². The molecule has 1 atom stereocenters. The fourth-order valence-electron chi connectivity index (χ4n) is 4.33. The lowest BCUT2D eigenvalue weighted by molar-refractivity contribution is -0.138. The molecule has 2 aliphatic rings. The minimum Gasteiger partial charge on any atom is -0.488 e. The zero-order chi connectivity index (χ0) is 19.9. The minimum absolute atomic E-state index is 0.191. The van der Waals surface area contributed by atoms with Crippen LogP contribution < -0.4 is 4.74 Å². The number of hydrogen-bond donors (Lipinski definition) is 0. The summed E-state index contributed by atoms with van der Waals surface area (Å²) in [5, 5.41) is 2.06. The Morgan fingerprint density at radius 3 is 2.59 bits per heavy atom.